The van der Waals surface area contributed by atoms with Gasteiger partial charge in [0.25, 0.3) is 5.91 Å². The summed E-state index contributed by atoms with van der Waals surface area (Å²) >= 11 is 12.0. The molecular weight excluding hydrogens is 351 g/mol. The van der Waals surface area contributed by atoms with Crippen molar-refractivity contribution in [2.75, 3.05) is 19.0 Å². The van der Waals surface area contributed by atoms with Crippen LogP contribution in [0.2, 0.25) is 10.0 Å². The zero-order chi connectivity index (χ0) is 17.7. The average Bonchev–Trinajstić information content (AvgIpc) is 2.54. The van der Waals surface area contributed by atoms with Crippen LogP contribution in [0.1, 0.15) is 24.2 Å². The fourth-order valence-electron chi connectivity index (χ4n) is 1.88. The molecule has 1 N–H and O–H groups in total. The van der Waals surface area contributed by atoms with E-state index in [4.69, 9.17) is 32.7 Å². The number of carbonyl (C=O) groups is 1. The van der Waals surface area contributed by atoms with Crippen molar-refractivity contribution in [3.8, 4) is 11.5 Å². The number of halogens is 2. The van der Waals surface area contributed by atoms with Crippen LogP contribution in [0.3, 0.4) is 0 Å². The van der Waals surface area contributed by atoms with E-state index < -0.39 is 0 Å². The minimum absolute atomic E-state index is 0.309. The third-order valence-corrected chi connectivity index (χ3v) is 3.53. The van der Waals surface area contributed by atoms with E-state index in [2.05, 4.69) is 10.3 Å². The highest BCUT2D eigenvalue weighted by Gasteiger charge is 2.16. The molecule has 128 valence electrons. The number of methoxy groups -OCH3 is 1. The normalized spacial score (nSPS) is 10.6. The molecule has 2 aromatic rings. The fourth-order valence-corrected chi connectivity index (χ4v) is 2.26. The second-order valence-corrected chi connectivity index (χ2v) is 6.35. The van der Waals surface area contributed by atoms with Crippen LogP contribution in [-0.4, -0.2) is 24.6 Å². The fraction of sp³-hybridized carbons (Fsp3) is 0.294. The van der Waals surface area contributed by atoms with Gasteiger partial charge in [-0.3, -0.25) is 4.79 Å². The van der Waals surface area contributed by atoms with Crippen molar-refractivity contribution in [2.45, 2.75) is 13.8 Å². The Morgan fingerprint density at radius 3 is 2.62 bits per heavy atom. The molecule has 7 heteroatoms. The lowest BCUT2D eigenvalue weighted by atomic mass is 10.1. The number of hydrogen-bond donors (Lipinski definition) is 1. The van der Waals surface area contributed by atoms with Crippen molar-refractivity contribution >= 4 is 34.9 Å². The molecule has 0 unspecified atom stereocenters. The summed E-state index contributed by atoms with van der Waals surface area (Å²) in [4.78, 5) is 16.4. The SMILES string of the molecule is COc1cc(C(=O)Nc2ccc(Cl)cn2)cc(Cl)c1OCC(C)C. The Hall–Kier alpha value is -1.98. The third kappa shape index (κ3) is 4.76. The molecule has 0 fully saturated rings. The summed E-state index contributed by atoms with van der Waals surface area (Å²) in [6, 6.07) is 6.36. The Balaban J connectivity index is 2.22. The second kappa shape index (κ2) is 8.22. The van der Waals surface area contributed by atoms with E-state index >= 15 is 0 Å². The van der Waals surface area contributed by atoms with Crippen molar-refractivity contribution in [1.82, 2.24) is 4.98 Å². The molecule has 2 rings (SSSR count). The Bertz CT molecular complexity index is 719. The van der Waals surface area contributed by atoms with Crippen LogP contribution in [-0.2, 0) is 0 Å². The minimum Gasteiger partial charge on any atom is -0.493 e. The van der Waals surface area contributed by atoms with Crippen molar-refractivity contribution in [1.29, 1.82) is 0 Å². The van der Waals surface area contributed by atoms with E-state index in [1.165, 1.54) is 19.4 Å². The largest absolute Gasteiger partial charge is 0.493 e. The molecule has 0 aliphatic carbocycles. The molecule has 0 saturated carbocycles. The number of nitrogens with zero attached hydrogens (tertiary/aromatic N) is 1. The van der Waals surface area contributed by atoms with E-state index in [9.17, 15) is 4.79 Å². The summed E-state index contributed by atoms with van der Waals surface area (Å²) in [5, 5.41) is 3.47. The molecule has 1 amide bonds. The van der Waals surface area contributed by atoms with Gasteiger partial charge in [-0.15, -0.1) is 0 Å². The van der Waals surface area contributed by atoms with Crippen LogP contribution in [0, 0.1) is 5.92 Å². The number of aromatic nitrogens is 1. The van der Waals surface area contributed by atoms with E-state index in [1.54, 1.807) is 18.2 Å². The first kappa shape index (κ1) is 18.4. The summed E-state index contributed by atoms with van der Waals surface area (Å²) in [6.45, 7) is 4.55. The number of benzene rings is 1. The number of carbonyl (C=O) groups excluding carboxylic acids is 1. The molecule has 1 aromatic carbocycles. The summed E-state index contributed by atoms with van der Waals surface area (Å²) in [5.41, 5.74) is 0.338. The second-order valence-electron chi connectivity index (χ2n) is 5.51. The molecule has 1 aromatic heterocycles. The molecule has 1 heterocycles. The first-order chi connectivity index (χ1) is 11.4. The van der Waals surface area contributed by atoms with Crippen LogP contribution in [0.4, 0.5) is 5.82 Å². The van der Waals surface area contributed by atoms with Crippen molar-refractivity contribution in [2.24, 2.45) is 5.92 Å². The van der Waals surface area contributed by atoms with Gasteiger partial charge in [-0.05, 0) is 30.2 Å². The lowest BCUT2D eigenvalue weighted by molar-refractivity contribution is 0.102. The molecule has 24 heavy (non-hydrogen) atoms. The maximum atomic E-state index is 12.4. The lowest BCUT2D eigenvalue weighted by Gasteiger charge is -2.15. The maximum absolute atomic E-state index is 12.4. The Labute approximate surface area is 150 Å². The van der Waals surface area contributed by atoms with Gasteiger partial charge in [-0.1, -0.05) is 37.0 Å². The van der Waals surface area contributed by atoms with E-state index in [0.717, 1.165) is 0 Å². The lowest BCUT2D eigenvalue weighted by Crippen LogP contribution is -2.13. The topological polar surface area (TPSA) is 60.5 Å². The predicted molar refractivity (Wildman–Crippen MR) is 95.5 cm³/mol. The van der Waals surface area contributed by atoms with Gasteiger partial charge in [-0.2, -0.15) is 0 Å². The van der Waals surface area contributed by atoms with Crippen molar-refractivity contribution < 1.29 is 14.3 Å². The predicted octanol–water partition coefficient (Wildman–Crippen LogP) is 4.68. The van der Waals surface area contributed by atoms with Crippen LogP contribution in [0.25, 0.3) is 0 Å². The molecule has 0 spiro atoms. The number of amides is 1. The number of ether oxygens (including phenoxy) is 2. The zero-order valence-corrected chi connectivity index (χ0v) is 15.1. The Morgan fingerprint density at radius 1 is 1.29 bits per heavy atom. The molecule has 0 bridgehead atoms. The number of nitrogens with one attached hydrogen (secondary N) is 1. The first-order valence-electron chi connectivity index (χ1n) is 7.34. The highest BCUT2D eigenvalue weighted by molar-refractivity contribution is 6.33. The smallest absolute Gasteiger partial charge is 0.257 e. The highest BCUT2D eigenvalue weighted by Crippen LogP contribution is 2.36. The molecule has 5 nitrogen and oxygen atoms in total. The minimum atomic E-state index is -0.361. The Kier molecular flexibility index (Phi) is 6.29. The maximum Gasteiger partial charge on any atom is 0.257 e. The van der Waals surface area contributed by atoms with Gasteiger partial charge in [0, 0.05) is 11.8 Å². The van der Waals surface area contributed by atoms with Gasteiger partial charge >= 0.3 is 0 Å². The van der Waals surface area contributed by atoms with Crippen molar-refractivity contribution in [3.63, 3.8) is 0 Å². The summed E-state index contributed by atoms with van der Waals surface area (Å²) in [7, 11) is 1.50. The number of hydrogen-bond acceptors (Lipinski definition) is 4. The van der Waals surface area contributed by atoms with Crippen LogP contribution in [0.15, 0.2) is 30.5 Å². The van der Waals surface area contributed by atoms with Gasteiger partial charge in [0.15, 0.2) is 11.5 Å². The van der Waals surface area contributed by atoms with Gasteiger partial charge in [0.05, 0.1) is 23.8 Å². The number of pyridine rings is 1. The van der Waals surface area contributed by atoms with Crippen LogP contribution in [0.5, 0.6) is 11.5 Å². The quantitative estimate of drug-likeness (QED) is 0.803. The molecular formula is C17H18Cl2N2O3. The number of anilines is 1. The third-order valence-electron chi connectivity index (χ3n) is 3.02. The van der Waals surface area contributed by atoms with E-state index in [0.29, 0.717) is 45.5 Å². The molecule has 0 radical (unpaired) electrons. The van der Waals surface area contributed by atoms with Gasteiger partial charge in [-0.25, -0.2) is 4.98 Å². The molecule has 0 aliphatic rings. The Morgan fingerprint density at radius 2 is 2.04 bits per heavy atom. The zero-order valence-electron chi connectivity index (χ0n) is 13.6. The molecule has 0 saturated heterocycles. The van der Waals surface area contributed by atoms with Gasteiger partial charge < -0.3 is 14.8 Å². The monoisotopic (exact) mass is 368 g/mol. The first-order valence-corrected chi connectivity index (χ1v) is 8.09. The van der Waals surface area contributed by atoms with E-state index in [-0.39, 0.29) is 5.91 Å². The summed E-state index contributed by atoms with van der Waals surface area (Å²) in [6.07, 6.45) is 1.45. The summed E-state index contributed by atoms with van der Waals surface area (Å²) in [5.74, 6) is 1.19. The number of rotatable bonds is 6. The molecule has 0 atom stereocenters. The van der Waals surface area contributed by atoms with Gasteiger partial charge in [0.1, 0.15) is 5.82 Å². The van der Waals surface area contributed by atoms with Crippen LogP contribution >= 0.6 is 23.2 Å². The molecule has 0 aliphatic heterocycles. The van der Waals surface area contributed by atoms with Crippen molar-refractivity contribution in [3.05, 3.63) is 46.1 Å². The summed E-state index contributed by atoms with van der Waals surface area (Å²) < 4.78 is 11.0. The van der Waals surface area contributed by atoms with E-state index in [1.807, 2.05) is 13.8 Å². The van der Waals surface area contributed by atoms with Gasteiger partial charge in [0.2, 0.25) is 0 Å². The van der Waals surface area contributed by atoms with Crippen LogP contribution < -0.4 is 14.8 Å². The highest BCUT2D eigenvalue weighted by atomic mass is 35.5. The standard InChI is InChI=1S/C17H18Cl2N2O3/c1-10(2)9-24-16-13(19)6-11(7-14(16)23-3)17(22)21-15-5-4-12(18)8-20-15/h4-8,10H,9H2,1-3H3,(H,20,21,22). The average molecular weight is 369 g/mol.